The number of rotatable bonds is 13. The molecule has 0 bridgehead atoms. The number of hydrogen-bond donors (Lipinski definition) is 1. The summed E-state index contributed by atoms with van der Waals surface area (Å²) in [4.78, 5) is 13.7. The summed E-state index contributed by atoms with van der Waals surface area (Å²) >= 11 is 0. The lowest BCUT2D eigenvalue weighted by Gasteiger charge is -2.06. The molecule has 0 fully saturated rings. The zero-order chi connectivity index (χ0) is 14.2. The van der Waals surface area contributed by atoms with Crippen LogP contribution < -0.4 is 5.32 Å². The van der Waals surface area contributed by atoms with Crippen molar-refractivity contribution < 1.29 is 19.0 Å². The first-order valence-corrected chi connectivity index (χ1v) is 6.32. The van der Waals surface area contributed by atoms with Crippen molar-refractivity contribution in [2.45, 2.75) is 13.3 Å². The normalized spacial score (nSPS) is 9.95. The molecule has 0 heterocycles. The van der Waals surface area contributed by atoms with Gasteiger partial charge in [0.05, 0.1) is 39.6 Å². The number of ether oxygens (including phenoxy) is 3. The van der Waals surface area contributed by atoms with E-state index in [0.29, 0.717) is 59.2 Å². The maximum Gasteiger partial charge on any atom is 0.222 e. The van der Waals surface area contributed by atoms with Gasteiger partial charge in [0.15, 0.2) is 0 Å². The molecule has 1 amide bonds. The van der Waals surface area contributed by atoms with Crippen molar-refractivity contribution in [3.8, 4) is 0 Å². The van der Waals surface area contributed by atoms with Crippen LogP contribution in [0.3, 0.4) is 0 Å². The fourth-order valence-electron chi connectivity index (χ4n) is 1.14. The van der Waals surface area contributed by atoms with Gasteiger partial charge in [-0.1, -0.05) is 5.11 Å². The first kappa shape index (κ1) is 17.7. The fraction of sp³-hybridized carbons (Fsp3) is 0.909. The van der Waals surface area contributed by atoms with Crippen LogP contribution in [-0.2, 0) is 19.0 Å². The summed E-state index contributed by atoms with van der Waals surface area (Å²) < 4.78 is 15.6. The first-order chi connectivity index (χ1) is 9.31. The Kier molecular flexibility index (Phi) is 13.7. The van der Waals surface area contributed by atoms with Crippen LogP contribution in [0.4, 0.5) is 0 Å². The Labute approximate surface area is 113 Å². The molecule has 110 valence electrons. The molecule has 1 N–H and O–H groups in total. The van der Waals surface area contributed by atoms with Gasteiger partial charge in [-0.2, -0.15) is 0 Å². The van der Waals surface area contributed by atoms with E-state index < -0.39 is 0 Å². The second-order valence-corrected chi connectivity index (χ2v) is 3.50. The van der Waals surface area contributed by atoms with Gasteiger partial charge in [-0.05, 0) is 12.5 Å². The predicted octanol–water partition coefficient (Wildman–Crippen LogP) is 0.873. The third-order valence-corrected chi connectivity index (χ3v) is 1.99. The van der Waals surface area contributed by atoms with Crippen LogP contribution >= 0.6 is 0 Å². The number of amides is 1. The second kappa shape index (κ2) is 14.7. The van der Waals surface area contributed by atoms with Gasteiger partial charge in [-0.25, -0.2) is 0 Å². The SMILES string of the molecule is CCNC(=O)CCOCCOCCOCCN=[N+]=[N-]. The highest BCUT2D eigenvalue weighted by Crippen LogP contribution is 1.85. The molecule has 0 aliphatic carbocycles. The van der Waals surface area contributed by atoms with E-state index in [-0.39, 0.29) is 5.91 Å². The number of hydrogen-bond acceptors (Lipinski definition) is 5. The summed E-state index contributed by atoms with van der Waals surface area (Å²) in [6.45, 7) is 5.50. The van der Waals surface area contributed by atoms with E-state index in [2.05, 4.69) is 15.3 Å². The molecule has 0 saturated heterocycles. The van der Waals surface area contributed by atoms with Crippen LogP contribution in [0.2, 0.25) is 0 Å². The Morgan fingerprint density at radius 1 is 1.11 bits per heavy atom. The Morgan fingerprint density at radius 2 is 1.68 bits per heavy atom. The van der Waals surface area contributed by atoms with E-state index in [4.69, 9.17) is 19.7 Å². The van der Waals surface area contributed by atoms with Crippen LogP contribution in [0.1, 0.15) is 13.3 Å². The second-order valence-electron chi connectivity index (χ2n) is 3.50. The van der Waals surface area contributed by atoms with Crippen LogP contribution in [0.15, 0.2) is 5.11 Å². The first-order valence-electron chi connectivity index (χ1n) is 6.32. The molecule has 0 radical (unpaired) electrons. The lowest BCUT2D eigenvalue weighted by atomic mass is 10.4. The molecule has 0 aromatic rings. The molecular weight excluding hydrogens is 252 g/mol. The summed E-state index contributed by atoms with van der Waals surface area (Å²) in [6, 6.07) is 0. The van der Waals surface area contributed by atoms with Gasteiger partial charge in [0.25, 0.3) is 0 Å². The zero-order valence-electron chi connectivity index (χ0n) is 11.3. The summed E-state index contributed by atoms with van der Waals surface area (Å²) in [5.41, 5.74) is 8.01. The maximum absolute atomic E-state index is 11.1. The Morgan fingerprint density at radius 3 is 2.26 bits per heavy atom. The molecule has 0 spiro atoms. The quantitative estimate of drug-likeness (QED) is 0.233. The average Bonchev–Trinajstić information content (AvgIpc) is 2.40. The monoisotopic (exact) mass is 274 g/mol. The molecule has 0 aliphatic rings. The Balaban J connectivity index is 3.06. The van der Waals surface area contributed by atoms with Crippen molar-refractivity contribution in [2.75, 3.05) is 52.7 Å². The van der Waals surface area contributed by atoms with E-state index in [9.17, 15) is 4.79 Å². The Bertz CT molecular complexity index is 269. The summed E-state index contributed by atoms with van der Waals surface area (Å²) in [5.74, 6) is -0.00292. The molecule has 0 unspecified atom stereocenters. The smallest absolute Gasteiger partial charge is 0.222 e. The highest BCUT2D eigenvalue weighted by Gasteiger charge is 1.98. The molecular formula is C11H22N4O4. The molecule has 0 aliphatic heterocycles. The van der Waals surface area contributed by atoms with Crippen molar-refractivity contribution >= 4 is 5.91 Å². The van der Waals surface area contributed by atoms with Crippen molar-refractivity contribution in [3.05, 3.63) is 10.4 Å². The lowest BCUT2D eigenvalue weighted by Crippen LogP contribution is -2.24. The highest BCUT2D eigenvalue weighted by atomic mass is 16.5. The van der Waals surface area contributed by atoms with Crippen LogP contribution in [0, 0.1) is 0 Å². The zero-order valence-corrected chi connectivity index (χ0v) is 11.3. The van der Waals surface area contributed by atoms with Gasteiger partial charge in [-0.3, -0.25) is 4.79 Å². The standard InChI is InChI=1S/C11H22N4O4/c1-2-13-11(16)3-5-17-7-9-19-10-8-18-6-4-14-15-12/h2-10H2,1H3,(H,13,16). The lowest BCUT2D eigenvalue weighted by molar-refractivity contribution is -0.122. The highest BCUT2D eigenvalue weighted by molar-refractivity contribution is 5.75. The van der Waals surface area contributed by atoms with Crippen molar-refractivity contribution in [2.24, 2.45) is 5.11 Å². The summed E-state index contributed by atoms with van der Waals surface area (Å²) in [7, 11) is 0. The molecule has 8 heteroatoms. The van der Waals surface area contributed by atoms with Gasteiger partial charge in [0.1, 0.15) is 0 Å². The van der Waals surface area contributed by atoms with Crippen LogP contribution in [0.25, 0.3) is 10.4 Å². The Hall–Kier alpha value is -1.34. The number of nitrogens with zero attached hydrogens (tertiary/aromatic N) is 3. The number of azide groups is 1. The van der Waals surface area contributed by atoms with Crippen LogP contribution in [0.5, 0.6) is 0 Å². The van der Waals surface area contributed by atoms with E-state index >= 15 is 0 Å². The molecule has 0 saturated carbocycles. The minimum atomic E-state index is -0.00292. The van der Waals surface area contributed by atoms with E-state index in [1.807, 2.05) is 6.92 Å². The third kappa shape index (κ3) is 14.6. The molecule has 0 aromatic heterocycles. The largest absolute Gasteiger partial charge is 0.379 e. The topological polar surface area (TPSA) is 106 Å². The van der Waals surface area contributed by atoms with Gasteiger partial charge >= 0.3 is 0 Å². The minimum absolute atomic E-state index is 0.00292. The maximum atomic E-state index is 11.1. The number of nitrogens with one attached hydrogen (secondary N) is 1. The molecule has 0 rings (SSSR count). The third-order valence-electron chi connectivity index (χ3n) is 1.99. The van der Waals surface area contributed by atoms with E-state index in [1.165, 1.54) is 0 Å². The fourth-order valence-corrected chi connectivity index (χ4v) is 1.14. The minimum Gasteiger partial charge on any atom is -0.379 e. The van der Waals surface area contributed by atoms with Gasteiger partial charge in [-0.15, -0.1) is 0 Å². The molecule has 0 atom stereocenters. The van der Waals surface area contributed by atoms with Crippen LogP contribution in [-0.4, -0.2) is 58.6 Å². The summed E-state index contributed by atoms with van der Waals surface area (Å²) in [6.07, 6.45) is 0.371. The van der Waals surface area contributed by atoms with Crippen molar-refractivity contribution in [1.82, 2.24) is 5.32 Å². The average molecular weight is 274 g/mol. The van der Waals surface area contributed by atoms with Crippen molar-refractivity contribution in [3.63, 3.8) is 0 Å². The predicted molar refractivity (Wildman–Crippen MR) is 69.8 cm³/mol. The van der Waals surface area contributed by atoms with Gasteiger partial charge < -0.3 is 19.5 Å². The number of carbonyl (C=O) groups is 1. The van der Waals surface area contributed by atoms with Gasteiger partial charge in [0.2, 0.25) is 5.91 Å². The number of carbonyl (C=O) groups excluding carboxylic acids is 1. The van der Waals surface area contributed by atoms with E-state index in [1.54, 1.807) is 0 Å². The molecule has 19 heavy (non-hydrogen) atoms. The van der Waals surface area contributed by atoms with Gasteiger partial charge in [0, 0.05) is 24.4 Å². The van der Waals surface area contributed by atoms with Crippen molar-refractivity contribution in [1.29, 1.82) is 0 Å². The van der Waals surface area contributed by atoms with E-state index in [0.717, 1.165) is 0 Å². The molecule has 0 aromatic carbocycles. The summed E-state index contributed by atoms with van der Waals surface area (Å²) in [5, 5.41) is 6.02. The molecule has 8 nitrogen and oxygen atoms in total.